The second-order valence-corrected chi connectivity index (χ2v) is 5.16. The second kappa shape index (κ2) is 3.39. The number of methoxy groups -OCH3 is 1. The average molecular weight is 236 g/mol. The molecule has 0 radical (unpaired) electrons. The topological polar surface area (TPSA) is 66.8 Å². The number of carboxylic acids is 1. The summed E-state index contributed by atoms with van der Waals surface area (Å²) in [6, 6.07) is 4.74. The van der Waals surface area contributed by atoms with Gasteiger partial charge in [0, 0.05) is 0 Å². The first-order valence-corrected chi connectivity index (χ1v) is 5.46. The summed E-state index contributed by atoms with van der Waals surface area (Å²) in [6.45, 7) is 3.86. The van der Waals surface area contributed by atoms with Gasteiger partial charge in [-0.05, 0) is 29.5 Å². The highest BCUT2D eigenvalue weighted by molar-refractivity contribution is 5.87. The predicted molar refractivity (Wildman–Crippen MR) is 62.4 cm³/mol. The molecule has 4 nitrogen and oxygen atoms in total. The van der Waals surface area contributed by atoms with Crippen molar-refractivity contribution in [3.05, 3.63) is 23.8 Å². The Morgan fingerprint density at radius 2 is 2.00 bits per heavy atom. The molecular formula is C13H16O4. The SMILES string of the molecule is COc1cc(C2(C(=O)O)CC2(C)C)ccc1O. The molecule has 0 amide bonds. The zero-order valence-corrected chi connectivity index (χ0v) is 10.2. The summed E-state index contributed by atoms with van der Waals surface area (Å²) in [4.78, 5) is 11.5. The Labute approximate surface area is 99.8 Å². The fraction of sp³-hybridized carbons (Fsp3) is 0.462. The van der Waals surface area contributed by atoms with Gasteiger partial charge in [0.2, 0.25) is 0 Å². The third kappa shape index (κ3) is 1.47. The minimum Gasteiger partial charge on any atom is -0.504 e. The van der Waals surface area contributed by atoms with Crippen LogP contribution in [-0.4, -0.2) is 23.3 Å². The van der Waals surface area contributed by atoms with E-state index in [1.165, 1.54) is 13.2 Å². The summed E-state index contributed by atoms with van der Waals surface area (Å²) in [5, 5.41) is 18.9. The number of phenolic OH excluding ortho intramolecular Hbond substituents is 1. The van der Waals surface area contributed by atoms with E-state index in [0.29, 0.717) is 17.7 Å². The highest BCUT2D eigenvalue weighted by Gasteiger charge is 2.67. The largest absolute Gasteiger partial charge is 0.504 e. The smallest absolute Gasteiger partial charge is 0.314 e. The third-order valence-electron chi connectivity index (χ3n) is 3.78. The molecule has 17 heavy (non-hydrogen) atoms. The lowest BCUT2D eigenvalue weighted by Crippen LogP contribution is -2.25. The van der Waals surface area contributed by atoms with Crippen LogP contribution in [0.15, 0.2) is 18.2 Å². The molecule has 2 rings (SSSR count). The molecule has 1 unspecified atom stereocenters. The van der Waals surface area contributed by atoms with Crippen LogP contribution in [0.4, 0.5) is 0 Å². The van der Waals surface area contributed by atoms with Crippen molar-refractivity contribution in [2.75, 3.05) is 7.11 Å². The number of carbonyl (C=O) groups is 1. The number of aliphatic carboxylic acids is 1. The maximum atomic E-state index is 11.5. The van der Waals surface area contributed by atoms with Gasteiger partial charge in [-0.3, -0.25) is 4.79 Å². The second-order valence-electron chi connectivity index (χ2n) is 5.16. The maximum absolute atomic E-state index is 11.5. The summed E-state index contributed by atoms with van der Waals surface area (Å²) >= 11 is 0. The Morgan fingerprint density at radius 3 is 2.41 bits per heavy atom. The molecule has 1 aliphatic carbocycles. The monoisotopic (exact) mass is 236 g/mol. The van der Waals surface area contributed by atoms with Crippen molar-refractivity contribution in [1.29, 1.82) is 0 Å². The van der Waals surface area contributed by atoms with E-state index in [2.05, 4.69) is 0 Å². The van der Waals surface area contributed by atoms with E-state index in [-0.39, 0.29) is 11.2 Å². The number of phenols is 1. The molecule has 2 N–H and O–H groups in total. The zero-order chi connectivity index (χ0) is 12.8. The van der Waals surface area contributed by atoms with Gasteiger partial charge in [-0.2, -0.15) is 0 Å². The Kier molecular flexibility index (Phi) is 2.35. The van der Waals surface area contributed by atoms with Crippen LogP contribution in [0.2, 0.25) is 0 Å². The van der Waals surface area contributed by atoms with Crippen LogP contribution < -0.4 is 4.74 Å². The fourth-order valence-electron chi connectivity index (χ4n) is 2.54. The van der Waals surface area contributed by atoms with Gasteiger partial charge in [-0.25, -0.2) is 0 Å². The van der Waals surface area contributed by atoms with E-state index < -0.39 is 11.4 Å². The van der Waals surface area contributed by atoms with Gasteiger partial charge in [0.25, 0.3) is 0 Å². The molecule has 92 valence electrons. The van der Waals surface area contributed by atoms with Crippen molar-refractivity contribution in [1.82, 2.24) is 0 Å². The molecule has 1 aromatic rings. The average Bonchev–Trinajstić information content (AvgIpc) is 2.84. The van der Waals surface area contributed by atoms with E-state index in [4.69, 9.17) is 4.74 Å². The van der Waals surface area contributed by atoms with E-state index in [1.54, 1.807) is 12.1 Å². The molecule has 0 saturated heterocycles. The number of aromatic hydroxyl groups is 1. The lowest BCUT2D eigenvalue weighted by molar-refractivity contribution is -0.141. The normalized spacial score (nSPS) is 25.4. The molecule has 1 atom stereocenters. The highest BCUT2D eigenvalue weighted by Crippen LogP contribution is 2.64. The van der Waals surface area contributed by atoms with E-state index in [0.717, 1.165) is 0 Å². The molecule has 0 heterocycles. The summed E-state index contributed by atoms with van der Waals surface area (Å²) in [5.74, 6) is -0.490. The quantitative estimate of drug-likeness (QED) is 0.843. The van der Waals surface area contributed by atoms with Gasteiger partial charge in [-0.15, -0.1) is 0 Å². The summed E-state index contributed by atoms with van der Waals surface area (Å²) in [5.41, 5.74) is -0.431. The van der Waals surface area contributed by atoms with Gasteiger partial charge in [0.15, 0.2) is 11.5 Å². The molecule has 0 aliphatic heterocycles. The number of ether oxygens (including phenoxy) is 1. The van der Waals surface area contributed by atoms with Crippen LogP contribution in [0.25, 0.3) is 0 Å². The molecule has 1 aromatic carbocycles. The first-order valence-electron chi connectivity index (χ1n) is 5.46. The maximum Gasteiger partial charge on any atom is 0.314 e. The van der Waals surface area contributed by atoms with Gasteiger partial charge < -0.3 is 14.9 Å². The third-order valence-corrected chi connectivity index (χ3v) is 3.78. The van der Waals surface area contributed by atoms with Crippen LogP contribution in [0, 0.1) is 5.41 Å². The van der Waals surface area contributed by atoms with Crippen molar-refractivity contribution in [3.8, 4) is 11.5 Å². The van der Waals surface area contributed by atoms with Crippen LogP contribution >= 0.6 is 0 Å². The lowest BCUT2D eigenvalue weighted by Gasteiger charge is -2.17. The van der Waals surface area contributed by atoms with E-state index >= 15 is 0 Å². The van der Waals surface area contributed by atoms with Crippen molar-refractivity contribution < 1.29 is 19.7 Å². The zero-order valence-electron chi connectivity index (χ0n) is 10.2. The number of carboxylic acid groups (broad SMARTS) is 1. The number of benzene rings is 1. The molecule has 1 fully saturated rings. The van der Waals surface area contributed by atoms with E-state index in [1.807, 2.05) is 13.8 Å². The number of hydrogen-bond donors (Lipinski definition) is 2. The molecule has 4 heteroatoms. The fourth-order valence-corrected chi connectivity index (χ4v) is 2.54. The summed E-state index contributed by atoms with van der Waals surface area (Å²) in [7, 11) is 1.45. The molecular weight excluding hydrogens is 220 g/mol. The Balaban J connectivity index is 2.51. The molecule has 0 aromatic heterocycles. The first kappa shape index (κ1) is 11.8. The molecule has 1 saturated carbocycles. The minimum absolute atomic E-state index is 0.0234. The van der Waals surface area contributed by atoms with Crippen molar-refractivity contribution in [2.45, 2.75) is 25.7 Å². The first-order chi connectivity index (χ1) is 7.85. The molecule has 0 bridgehead atoms. The summed E-state index contributed by atoms with van der Waals surface area (Å²) in [6.07, 6.45) is 0.600. The highest BCUT2D eigenvalue weighted by atomic mass is 16.5. The van der Waals surface area contributed by atoms with Gasteiger partial charge >= 0.3 is 5.97 Å². The van der Waals surface area contributed by atoms with Crippen LogP contribution in [0.3, 0.4) is 0 Å². The van der Waals surface area contributed by atoms with Crippen molar-refractivity contribution in [3.63, 3.8) is 0 Å². The Hall–Kier alpha value is -1.71. The predicted octanol–water partition coefficient (Wildman–Crippen LogP) is 2.15. The Bertz CT molecular complexity index is 478. The summed E-state index contributed by atoms with van der Waals surface area (Å²) < 4.78 is 5.01. The molecule has 1 aliphatic rings. The van der Waals surface area contributed by atoms with Crippen molar-refractivity contribution in [2.24, 2.45) is 5.41 Å². The molecule has 0 spiro atoms. The van der Waals surface area contributed by atoms with Crippen molar-refractivity contribution >= 4 is 5.97 Å². The number of rotatable bonds is 3. The minimum atomic E-state index is -0.853. The van der Waals surface area contributed by atoms with E-state index in [9.17, 15) is 15.0 Å². The van der Waals surface area contributed by atoms with Gasteiger partial charge in [0.05, 0.1) is 12.5 Å². The van der Waals surface area contributed by atoms with Crippen LogP contribution in [-0.2, 0) is 10.2 Å². The van der Waals surface area contributed by atoms with Crippen LogP contribution in [0.1, 0.15) is 25.8 Å². The van der Waals surface area contributed by atoms with Gasteiger partial charge in [0.1, 0.15) is 0 Å². The van der Waals surface area contributed by atoms with Gasteiger partial charge in [-0.1, -0.05) is 19.9 Å². The number of hydrogen-bond acceptors (Lipinski definition) is 3. The lowest BCUT2D eigenvalue weighted by atomic mass is 9.88. The standard InChI is InChI=1S/C13H16O4/c1-12(2)7-13(12,11(15)16)8-4-5-9(14)10(6-8)17-3/h4-6,14H,7H2,1-3H3,(H,15,16). The van der Waals surface area contributed by atoms with Crippen LogP contribution in [0.5, 0.6) is 11.5 Å². The Morgan fingerprint density at radius 1 is 1.41 bits per heavy atom.